The second kappa shape index (κ2) is 4.55. The summed E-state index contributed by atoms with van der Waals surface area (Å²) in [5.41, 5.74) is 7.25. The van der Waals surface area contributed by atoms with Crippen molar-refractivity contribution < 1.29 is 9.53 Å². The van der Waals surface area contributed by atoms with E-state index in [1.165, 1.54) is 11.3 Å². The summed E-state index contributed by atoms with van der Waals surface area (Å²) in [5.74, 6) is -0.112. The molecule has 0 bridgehead atoms. The van der Waals surface area contributed by atoms with Gasteiger partial charge in [-0.2, -0.15) is 0 Å². The van der Waals surface area contributed by atoms with Crippen molar-refractivity contribution in [2.24, 2.45) is 0 Å². The van der Waals surface area contributed by atoms with Crippen LogP contribution in [0.4, 0.5) is 10.8 Å². The first kappa shape index (κ1) is 11.4. The fraction of sp³-hybridized carbons (Fsp3) is 0.333. The second-order valence-electron chi connectivity index (χ2n) is 4.24. The highest BCUT2D eigenvalue weighted by Gasteiger charge is 2.24. The first-order valence-corrected chi connectivity index (χ1v) is 6.62. The van der Waals surface area contributed by atoms with Crippen LogP contribution in [0.25, 0.3) is 10.2 Å². The van der Waals surface area contributed by atoms with Crippen LogP contribution in [-0.2, 0) is 9.53 Å². The minimum Gasteiger partial charge on any atom is -0.399 e. The van der Waals surface area contributed by atoms with Gasteiger partial charge >= 0.3 is 0 Å². The van der Waals surface area contributed by atoms with Crippen LogP contribution in [0.5, 0.6) is 0 Å². The van der Waals surface area contributed by atoms with Crippen LogP contribution in [0.2, 0.25) is 0 Å². The molecule has 1 aliphatic heterocycles. The topological polar surface area (TPSA) is 77.2 Å². The van der Waals surface area contributed by atoms with Crippen molar-refractivity contribution in [1.82, 2.24) is 4.98 Å². The van der Waals surface area contributed by atoms with Crippen LogP contribution < -0.4 is 11.1 Å². The summed E-state index contributed by atoms with van der Waals surface area (Å²) in [4.78, 5) is 16.2. The fourth-order valence-corrected chi connectivity index (χ4v) is 2.88. The number of anilines is 2. The summed E-state index contributed by atoms with van der Waals surface area (Å²) in [7, 11) is 0. The number of amides is 1. The van der Waals surface area contributed by atoms with Crippen molar-refractivity contribution >= 4 is 38.3 Å². The van der Waals surface area contributed by atoms with Crippen molar-refractivity contribution in [3.8, 4) is 0 Å². The van der Waals surface area contributed by atoms with Crippen LogP contribution in [0.1, 0.15) is 12.8 Å². The third kappa shape index (κ3) is 2.16. The number of aromatic nitrogens is 1. The minimum absolute atomic E-state index is 0.112. The third-order valence-corrected chi connectivity index (χ3v) is 3.80. The van der Waals surface area contributed by atoms with Crippen molar-refractivity contribution in [2.45, 2.75) is 18.9 Å². The number of nitrogen functional groups attached to an aromatic ring is 1. The molecule has 1 saturated heterocycles. The lowest BCUT2D eigenvalue weighted by Crippen LogP contribution is -2.26. The van der Waals surface area contributed by atoms with Crippen molar-refractivity contribution in [3.05, 3.63) is 18.2 Å². The maximum Gasteiger partial charge on any atom is 0.255 e. The van der Waals surface area contributed by atoms with Gasteiger partial charge in [-0.15, -0.1) is 0 Å². The number of ether oxygens (including phenoxy) is 1. The van der Waals surface area contributed by atoms with Gasteiger partial charge in [-0.05, 0) is 31.0 Å². The van der Waals surface area contributed by atoms with Gasteiger partial charge < -0.3 is 10.5 Å². The Morgan fingerprint density at radius 3 is 3.22 bits per heavy atom. The summed E-state index contributed by atoms with van der Waals surface area (Å²) >= 11 is 1.42. The Morgan fingerprint density at radius 1 is 1.56 bits per heavy atom. The number of fused-ring (bicyclic) bond motifs is 1. The predicted octanol–water partition coefficient (Wildman–Crippen LogP) is 2.00. The van der Waals surface area contributed by atoms with Gasteiger partial charge in [-0.25, -0.2) is 4.98 Å². The summed E-state index contributed by atoms with van der Waals surface area (Å²) in [6, 6.07) is 5.51. The molecule has 1 atom stereocenters. The molecular formula is C12H13N3O2S. The number of hydrogen-bond donors (Lipinski definition) is 2. The van der Waals surface area contributed by atoms with Gasteiger partial charge in [0.05, 0.1) is 10.2 Å². The van der Waals surface area contributed by atoms with E-state index in [2.05, 4.69) is 10.3 Å². The SMILES string of the molecule is Nc1ccc2nc(NC(=O)C3CCCO3)sc2c1. The van der Waals surface area contributed by atoms with Crippen molar-refractivity contribution in [1.29, 1.82) is 0 Å². The quantitative estimate of drug-likeness (QED) is 0.812. The molecule has 0 aliphatic carbocycles. The smallest absolute Gasteiger partial charge is 0.255 e. The van der Waals surface area contributed by atoms with Gasteiger partial charge in [-0.3, -0.25) is 10.1 Å². The monoisotopic (exact) mass is 263 g/mol. The van der Waals surface area contributed by atoms with Gasteiger partial charge in [0.1, 0.15) is 6.10 Å². The fourth-order valence-electron chi connectivity index (χ4n) is 1.96. The molecule has 2 aromatic rings. The molecule has 1 unspecified atom stereocenters. The van der Waals surface area contributed by atoms with E-state index in [9.17, 15) is 4.79 Å². The molecular weight excluding hydrogens is 250 g/mol. The van der Waals surface area contributed by atoms with Crippen LogP contribution in [0.3, 0.4) is 0 Å². The summed E-state index contributed by atoms with van der Waals surface area (Å²) in [6.07, 6.45) is 1.39. The van der Waals surface area contributed by atoms with E-state index in [1.54, 1.807) is 6.07 Å². The molecule has 1 aromatic heterocycles. The normalized spacial score (nSPS) is 19.2. The Labute approximate surface area is 108 Å². The zero-order valence-electron chi connectivity index (χ0n) is 9.68. The molecule has 2 heterocycles. The highest BCUT2D eigenvalue weighted by atomic mass is 32.1. The Morgan fingerprint density at radius 2 is 2.44 bits per heavy atom. The number of rotatable bonds is 2. The molecule has 1 aromatic carbocycles. The molecule has 1 aliphatic rings. The number of carbonyl (C=O) groups excluding carboxylic acids is 1. The molecule has 6 heteroatoms. The highest BCUT2D eigenvalue weighted by molar-refractivity contribution is 7.22. The van der Waals surface area contributed by atoms with E-state index in [1.807, 2.05) is 12.1 Å². The van der Waals surface area contributed by atoms with Crippen LogP contribution in [0.15, 0.2) is 18.2 Å². The van der Waals surface area contributed by atoms with Gasteiger partial charge in [0.15, 0.2) is 5.13 Å². The van der Waals surface area contributed by atoms with Gasteiger partial charge in [0.2, 0.25) is 0 Å². The number of nitrogens with two attached hydrogens (primary N) is 1. The van der Waals surface area contributed by atoms with E-state index in [0.717, 1.165) is 23.1 Å². The van der Waals surface area contributed by atoms with E-state index >= 15 is 0 Å². The lowest BCUT2D eigenvalue weighted by atomic mass is 10.2. The van der Waals surface area contributed by atoms with E-state index in [0.29, 0.717) is 17.4 Å². The summed E-state index contributed by atoms with van der Waals surface area (Å²) in [5, 5.41) is 3.39. The number of thiazole rings is 1. The van der Waals surface area contributed by atoms with Gasteiger partial charge in [0, 0.05) is 12.3 Å². The number of nitrogens with zero attached hydrogens (tertiary/aromatic N) is 1. The molecule has 3 N–H and O–H groups in total. The first-order chi connectivity index (χ1) is 8.72. The van der Waals surface area contributed by atoms with E-state index in [-0.39, 0.29) is 12.0 Å². The van der Waals surface area contributed by atoms with Crippen LogP contribution in [0, 0.1) is 0 Å². The third-order valence-electron chi connectivity index (χ3n) is 2.86. The number of hydrogen-bond acceptors (Lipinski definition) is 5. The van der Waals surface area contributed by atoms with Crippen molar-refractivity contribution in [3.63, 3.8) is 0 Å². The summed E-state index contributed by atoms with van der Waals surface area (Å²) in [6.45, 7) is 0.661. The second-order valence-corrected chi connectivity index (χ2v) is 5.27. The zero-order chi connectivity index (χ0) is 12.5. The lowest BCUT2D eigenvalue weighted by Gasteiger charge is -2.07. The number of carbonyl (C=O) groups is 1. The Hall–Kier alpha value is -1.66. The minimum atomic E-state index is -0.331. The van der Waals surface area contributed by atoms with Gasteiger partial charge in [-0.1, -0.05) is 11.3 Å². The Balaban J connectivity index is 1.79. The molecule has 0 spiro atoms. The molecule has 0 saturated carbocycles. The molecule has 0 radical (unpaired) electrons. The average Bonchev–Trinajstić information content (AvgIpc) is 2.95. The summed E-state index contributed by atoms with van der Waals surface area (Å²) < 4.78 is 6.29. The zero-order valence-corrected chi connectivity index (χ0v) is 10.5. The predicted molar refractivity (Wildman–Crippen MR) is 71.6 cm³/mol. The lowest BCUT2D eigenvalue weighted by molar-refractivity contribution is -0.124. The Kier molecular flexibility index (Phi) is 2.89. The molecule has 5 nitrogen and oxygen atoms in total. The van der Waals surface area contributed by atoms with Crippen LogP contribution >= 0.6 is 11.3 Å². The molecule has 18 heavy (non-hydrogen) atoms. The molecule has 94 valence electrons. The number of nitrogens with one attached hydrogen (secondary N) is 1. The highest BCUT2D eigenvalue weighted by Crippen LogP contribution is 2.28. The molecule has 1 fully saturated rings. The first-order valence-electron chi connectivity index (χ1n) is 5.81. The molecule has 1 amide bonds. The Bertz CT molecular complexity index is 590. The standard InChI is InChI=1S/C12H13N3O2S/c13-7-3-4-8-10(6-7)18-12(14-8)15-11(16)9-2-1-5-17-9/h3-4,6,9H,1-2,5,13H2,(H,14,15,16). The largest absolute Gasteiger partial charge is 0.399 e. The number of benzene rings is 1. The molecule has 3 rings (SSSR count). The maximum atomic E-state index is 11.9. The van der Waals surface area contributed by atoms with Crippen LogP contribution in [-0.4, -0.2) is 23.6 Å². The van der Waals surface area contributed by atoms with E-state index in [4.69, 9.17) is 10.5 Å². The average molecular weight is 263 g/mol. The van der Waals surface area contributed by atoms with E-state index < -0.39 is 0 Å². The van der Waals surface area contributed by atoms with Gasteiger partial charge in [0.25, 0.3) is 5.91 Å². The maximum absolute atomic E-state index is 11.9. The van der Waals surface area contributed by atoms with Crippen molar-refractivity contribution in [2.75, 3.05) is 17.7 Å².